The first-order valence-corrected chi connectivity index (χ1v) is 5.37. The standard InChI is InChI=1S/C14H10N2O/c17-14-12(10-4-2-1-3-5-10)8-11-9-15-7-6-13(11)16-14/h1-9H,(H,16,17). The molecule has 0 radical (unpaired) electrons. The topological polar surface area (TPSA) is 45.8 Å². The van der Waals surface area contributed by atoms with Crippen LogP contribution in [0.1, 0.15) is 0 Å². The van der Waals surface area contributed by atoms with Crippen LogP contribution in [-0.2, 0) is 0 Å². The molecule has 0 saturated carbocycles. The summed E-state index contributed by atoms with van der Waals surface area (Å²) in [4.78, 5) is 18.9. The van der Waals surface area contributed by atoms with Gasteiger partial charge in [-0.25, -0.2) is 0 Å². The van der Waals surface area contributed by atoms with E-state index in [0.717, 1.165) is 16.5 Å². The van der Waals surface area contributed by atoms with Crippen molar-refractivity contribution in [1.82, 2.24) is 9.97 Å². The maximum Gasteiger partial charge on any atom is 0.256 e. The number of hydrogen-bond acceptors (Lipinski definition) is 2. The molecule has 1 aromatic carbocycles. The Hall–Kier alpha value is -2.42. The molecule has 2 heterocycles. The number of fused-ring (bicyclic) bond motifs is 1. The first kappa shape index (κ1) is 9.78. The quantitative estimate of drug-likeness (QED) is 0.687. The van der Waals surface area contributed by atoms with Crippen LogP contribution in [0.2, 0.25) is 0 Å². The molecule has 0 saturated heterocycles. The molecule has 0 bridgehead atoms. The van der Waals surface area contributed by atoms with Gasteiger partial charge in [0.25, 0.3) is 5.56 Å². The van der Waals surface area contributed by atoms with Gasteiger partial charge in [-0.3, -0.25) is 9.78 Å². The average Bonchev–Trinajstić information content (AvgIpc) is 2.39. The van der Waals surface area contributed by atoms with Crippen molar-refractivity contribution in [1.29, 1.82) is 0 Å². The van der Waals surface area contributed by atoms with Crippen molar-refractivity contribution < 1.29 is 0 Å². The molecule has 3 rings (SSSR count). The third kappa shape index (κ3) is 1.72. The Morgan fingerprint density at radius 1 is 1.06 bits per heavy atom. The Balaban J connectivity index is 2.31. The molecular weight excluding hydrogens is 212 g/mol. The first-order valence-electron chi connectivity index (χ1n) is 5.37. The Labute approximate surface area is 97.8 Å². The average molecular weight is 222 g/mol. The molecule has 0 aliphatic carbocycles. The monoisotopic (exact) mass is 222 g/mol. The largest absolute Gasteiger partial charge is 0.321 e. The number of hydrogen-bond donors (Lipinski definition) is 1. The van der Waals surface area contributed by atoms with Crippen molar-refractivity contribution in [2.75, 3.05) is 0 Å². The van der Waals surface area contributed by atoms with Crippen molar-refractivity contribution in [3.05, 3.63) is 65.2 Å². The van der Waals surface area contributed by atoms with E-state index in [9.17, 15) is 4.79 Å². The van der Waals surface area contributed by atoms with Gasteiger partial charge in [-0.15, -0.1) is 0 Å². The van der Waals surface area contributed by atoms with Gasteiger partial charge in [-0.05, 0) is 17.7 Å². The lowest BCUT2D eigenvalue weighted by molar-refractivity contribution is 1.28. The second-order valence-corrected chi connectivity index (χ2v) is 3.84. The zero-order chi connectivity index (χ0) is 11.7. The number of rotatable bonds is 1. The number of nitrogens with zero attached hydrogens (tertiary/aromatic N) is 1. The maximum atomic E-state index is 12.0. The van der Waals surface area contributed by atoms with E-state index >= 15 is 0 Å². The second-order valence-electron chi connectivity index (χ2n) is 3.84. The van der Waals surface area contributed by atoms with Gasteiger partial charge < -0.3 is 4.98 Å². The number of aromatic nitrogens is 2. The minimum absolute atomic E-state index is 0.0742. The van der Waals surface area contributed by atoms with Crippen LogP contribution in [0.25, 0.3) is 22.0 Å². The Morgan fingerprint density at radius 2 is 1.88 bits per heavy atom. The number of benzene rings is 1. The Morgan fingerprint density at radius 3 is 2.71 bits per heavy atom. The van der Waals surface area contributed by atoms with Gasteiger partial charge in [-0.2, -0.15) is 0 Å². The summed E-state index contributed by atoms with van der Waals surface area (Å²) in [6, 6.07) is 13.3. The third-order valence-corrected chi connectivity index (χ3v) is 2.73. The van der Waals surface area contributed by atoms with Crippen molar-refractivity contribution in [2.24, 2.45) is 0 Å². The highest BCUT2D eigenvalue weighted by Gasteiger charge is 2.04. The van der Waals surface area contributed by atoms with Crippen LogP contribution in [0, 0.1) is 0 Å². The van der Waals surface area contributed by atoms with Crippen LogP contribution in [0.4, 0.5) is 0 Å². The van der Waals surface area contributed by atoms with E-state index in [1.165, 1.54) is 0 Å². The van der Waals surface area contributed by atoms with Crippen molar-refractivity contribution in [3.8, 4) is 11.1 Å². The van der Waals surface area contributed by atoms with Crippen LogP contribution in [0.15, 0.2) is 59.7 Å². The molecule has 0 aliphatic rings. The molecule has 3 heteroatoms. The van der Waals surface area contributed by atoms with E-state index in [1.807, 2.05) is 36.4 Å². The van der Waals surface area contributed by atoms with Gasteiger partial charge in [-0.1, -0.05) is 30.3 Å². The fraction of sp³-hybridized carbons (Fsp3) is 0. The summed E-state index contributed by atoms with van der Waals surface area (Å²) in [7, 11) is 0. The number of H-pyrrole nitrogens is 1. The molecule has 82 valence electrons. The van der Waals surface area contributed by atoms with E-state index in [1.54, 1.807) is 18.5 Å². The summed E-state index contributed by atoms with van der Waals surface area (Å²) in [6.07, 6.45) is 3.41. The molecule has 0 aliphatic heterocycles. The van der Waals surface area contributed by atoms with Crippen LogP contribution in [0.5, 0.6) is 0 Å². The predicted octanol–water partition coefficient (Wildman–Crippen LogP) is 2.59. The van der Waals surface area contributed by atoms with Gasteiger partial charge >= 0.3 is 0 Å². The van der Waals surface area contributed by atoms with E-state index in [0.29, 0.717) is 5.56 Å². The Kier molecular flexibility index (Phi) is 2.22. The summed E-state index contributed by atoms with van der Waals surface area (Å²) in [5, 5.41) is 0.936. The van der Waals surface area contributed by atoms with Gasteiger partial charge in [0, 0.05) is 23.3 Å². The molecule has 3 aromatic rings. The van der Waals surface area contributed by atoms with Crippen LogP contribution < -0.4 is 5.56 Å². The summed E-state index contributed by atoms with van der Waals surface area (Å²) in [5.74, 6) is 0. The number of pyridine rings is 2. The van der Waals surface area contributed by atoms with E-state index in [-0.39, 0.29) is 5.56 Å². The molecule has 2 aromatic heterocycles. The van der Waals surface area contributed by atoms with Crippen LogP contribution in [0.3, 0.4) is 0 Å². The zero-order valence-electron chi connectivity index (χ0n) is 9.05. The normalized spacial score (nSPS) is 10.6. The number of nitrogens with one attached hydrogen (secondary N) is 1. The molecule has 0 atom stereocenters. The SMILES string of the molecule is O=c1[nH]c2ccncc2cc1-c1ccccc1. The van der Waals surface area contributed by atoms with Gasteiger partial charge in [0.15, 0.2) is 0 Å². The lowest BCUT2D eigenvalue weighted by atomic mass is 10.1. The fourth-order valence-electron chi connectivity index (χ4n) is 1.88. The predicted molar refractivity (Wildman–Crippen MR) is 67.8 cm³/mol. The second kappa shape index (κ2) is 3.87. The molecule has 0 unspecified atom stereocenters. The van der Waals surface area contributed by atoms with E-state index < -0.39 is 0 Å². The molecule has 0 amide bonds. The summed E-state index contributed by atoms with van der Waals surface area (Å²) < 4.78 is 0. The van der Waals surface area contributed by atoms with Gasteiger partial charge in [0.05, 0.1) is 5.52 Å². The lowest BCUT2D eigenvalue weighted by Crippen LogP contribution is -2.08. The third-order valence-electron chi connectivity index (χ3n) is 2.73. The highest BCUT2D eigenvalue weighted by molar-refractivity contribution is 5.82. The van der Waals surface area contributed by atoms with Crippen molar-refractivity contribution in [2.45, 2.75) is 0 Å². The summed E-state index contributed by atoms with van der Waals surface area (Å²) in [5.41, 5.74) is 2.32. The molecule has 17 heavy (non-hydrogen) atoms. The highest BCUT2D eigenvalue weighted by Crippen LogP contribution is 2.18. The maximum absolute atomic E-state index is 12.0. The molecule has 3 nitrogen and oxygen atoms in total. The molecule has 1 N–H and O–H groups in total. The summed E-state index contributed by atoms with van der Waals surface area (Å²) >= 11 is 0. The smallest absolute Gasteiger partial charge is 0.256 e. The zero-order valence-corrected chi connectivity index (χ0v) is 9.05. The van der Waals surface area contributed by atoms with Crippen molar-refractivity contribution >= 4 is 10.9 Å². The fourth-order valence-corrected chi connectivity index (χ4v) is 1.88. The van der Waals surface area contributed by atoms with Crippen LogP contribution >= 0.6 is 0 Å². The van der Waals surface area contributed by atoms with Crippen LogP contribution in [-0.4, -0.2) is 9.97 Å². The first-order chi connectivity index (χ1) is 8.34. The van der Waals surface area contributed by atoms with Gasteiger partial charge in [0.2, 0.25) is 0 Å². The molecule has 0 spiro atoms. The number of aromatic amines is 1. The highest BCUT2D eigenvalue weighted by atomic mass is 16.1. The molecule has 0 fully saturated rings. The lowest BCUT2D eigenvalue weighted by Gasteiger charge is -2.02. The summed E-state index contributed by atoms with van der Waals surface area (Å²) in [6.45, 7) is 0. The molecular formula is C14H10N2O. The minimum atomic E-state index is -0.0742. The Bertz CT molecular complexity index is 717. The minimum Gasteiger partial charge on any atom is -0.321 e. The van der Waals surface area contributed by atoms with E-state index in [4.69, 9.17) is 0 Å². The van der Waals surface area contributed by atoms with Gasteiger partial charge in [0.1, 0.15) is 0 Å². The van der Waals surface area contributed by atoms with Crippen molar-refractivity contribution in [3.63, 3.8) is 0 Å². The van der Waals surface area contributed by atoms with E-state index in [2.05, 4.69) is 9.97 Å².